The van der Waals surface area contributed by atoms with Crippen molar-refractivity contribution in [2.75, 3.05) is 4.90 Å². The molecule has 0 saturated carbocycles. The number of terminal acetylenes is 1. The van der Waals surface area contributed by atoms with E-state index < -0.39 is 23.4 Å². The summed E-state index contributed by atoms with van der Waals surface area (Å²) >= 11 is 0. The van der Waals surface area contributed by atoms with Crippen LogP contribution in [0.3, 0.4) is 0 Å². The fourth-order valence-electron chi connectivity index (χ4n) is 2.11. The molecule has 2 aromatic heterocycles. The number of anilines is 1. The smallest absolute Gasteiger partial charge is 0.425 e. The number of imidazole rings is 1. The third-order valence-corrected chi connectivity index (χ3v) is 3.01. The molecule has 2 heterocycles. The second-order valence-corrected chi connectivity index (χ2v) is 7.74. The van der Waals surface area contributed by atoms with Crippen LogP contribution < -0.4 is 4.90 Å². The Morgan fingerprint density at radius 2 is 1.63 bits per heavy atom. The molecule has 0 atom stereocenters. The number of rotatable bonds is 2. The summed E-state index contributed by atoms with van der Waals surface area (Å²) in [6.07, 6.45) is 6.17. The maximum Gasteiger partial charge on any atom is 0.425 e. The molecule has 9 heteroatoms. The van der Waals surface area contributed by atoms with Crippen molar-refractivity contribution in [2.45, 2.75) is 59.3 Å². The van der Waals surface area contributed by atoms with Gasteiger partial charge in [0.15, 0.2) is 17.0 Å². The Morgan fingerprint density at radius 3 is 2.11 bits per heavy atom. The highest BCUT2D eigenvalue weighted by molar-refractivity contribution is 6.12. The first-order chi connectivity index (χ1) is 12.4. The molecule has 2 rings (SSSR count). The zero-order valence-electron chi connectivity index (χ0n) is 16.3. The van der Waals surface area contributed by atoms with Crippen molar-refractivity contribution < 1.29 is 19.1 Å². The highest BCUT2D eigenvalue weighted by Gasteiger charge is 2.35. The zero-order chi connectivity index (χ0) is 20.4. The van der Waals surface area contributed by atoms with Crippen LogP contribution in [0.2, 0.25) is 0 Å². The van der Waals surface area contributed by atoms with Crippen LogP contribution in [0.4, 0.5) is 15.4 Å². The van der Waals surface area contributed by atoms with Crippen LogP contribution >= 0.6 is 0 Å². The number of nitrogens with zero attached hydrogens (tertiary/aromatic N) is 5. The van der Waals surface area contributed by atoms with E-state index in [1.807, 2.05) is 0 Å². The number of carbonyl (C=O) groups excluding carboxylic acids is 2. The second-order valence-electron chi connectivity index (χ2n) is 7.74. The molecule has 0 aliphatic heterocycles. The third-order valence-electron chi connectivity index (χ3n) is 3.01. The molecule has 0 saturated heterocycles. The first-order valence-electron chi connectivity index (χ1n) is 8.28. The number of ether oxygens (including phenoxy) is 2. The van der Waals surface area contributed by atoms with Gasteiger partial charge in [-0.05, 0) is 41.5 Å². The van der Waals surface area contributed by atoms with Gasteiger partial charge in [-0.2, -0.15) is 4.90 Å². The molecule has 9 nitrogen and oxygen atoms in total. The highest BCUT2D eigenvalue weighted by Crippen LogP contribution is 2.25. The highest BCUT2D eigenvalue weighted by atomic mass is 16.6. The lowest BCUT2D eigenvalue weighted by atomic mass is 10.2. The van der Waals surface area contributed by atoms with E-state index in [0.717, 1.165) is 0 Å². The molecule has 0 spiro atoms. The van der Waals surface area contributed by atoms with Crippen LogP contribution in [-0.4, -0.2) is 42.9 Å². The maximum absolute atomic E-state index is 12.7. The quantitative estimate of drug-likeness (QED) is 0.746. The number of carbonyl (C=O) groups is 2. The van der Waals surface area contributed by atoms with Gasteiger partial charge in [-0.3, -0.25) is 0 Å². The lowest BCUT2D eigenvalue weighted by Crippen LogP contribution is -2.44. The molecule has 0 aromatic carbocycles. The first-order valence-corrected chi connectivity index (χ1v) is 8.28. The zero-order valence-corrected chi connectivity index (χ0v) is 16.3. The van der Waals surface area contributed by atoms with Crippen molar-refractivity contribution in [2.24, 2.45) is 0 Å². The normalized spacial score (nSPS) is 11.7. The van der Waals surface area contributed by atoms with E-state index in [-0.39, 0.29) is 17.9 Å². The summed E-state index contributed by atoms with van der Waals surface area (Å²) in [6, 6.07) is 0. The van der Waals surface area contributed by atoms with Gasteiger partial charge in [-0.1, -0.05) is 5.92 Å². The Balaban J connectivity index is 2.56. The van der Waals surface area contributed by atoms with E-state index in [4.69, 9.17) is 15.9 Å². The molecule has 0 bridgehead atoms. The Labute approximate surface area is 157 Å². The van der Waals surface area contributed by atoms with Gasteiger partial charge in [0.05, 0.1) is 12.9 Å². The van der Waals surface area contributed by atoms with Crippen molar-refractivity contribution in [3.63, 3.8) is 0 Å². The topological polar surface area (TPSA) is 99.4 Å². The van der Waals surface area contributed by atoms with E-state index in [1.165, 1.54) is 12.7 Å². The van der Waals surface area contributed by atoms with Crippen LogP contribution in [0.5, 0.6) is 0 Å². The van der Waals surface area contributed by atoms with E-state index in [0.29, 0.717) is 10.5 Å². The molecule has 0 unspecified atom stereocenters. The number of amides is 2. The second kappa shape index (κ2) is 7.23. The fourth-order valence-corrected chi connectivity index (χ4v) is 2.11. The fraction of sp³-hybridized carbons (Fsp3) is 0.500. The number of hydrogen-bond acceptors (Lipinski definition) is 7. The molecule has 144 valence electrons. The molecule has 2 aromatic rings. The van der Waals surface area contributed by atoms with E-state index in [1.54, 1.807) is 46.1 Å². The minimum Gasteiger partial charge on any atom is -0.443 e. The van der Waals surface area contributed by atoms with Crippen molar-refractivity contribution >= 4 is 29.2 Å². The summed E-state index contributed by atoms with van der Waals surface area (Å²) in [6.45, 7) is 10.4. The molecule has 0 aliphatic rings. The van der Waals surface area contributed by atoms with Crippen molar-refractivity contribution in [3.05, 3.63) is 12.7 Å². The lowest BCUT2D eigenvalue weighted by molar-refractivity contribution is 0.0429. The third kappa shape index (κ3) is 4.94. The minimum atomic E-state index is -0.928. The van der Waals surface area contributed by atoms with Gasteiger partial charge >= 0.3 is 12.2 Å². The van der Waals surface area contributed by atoms with Gasteiger partial charge in [-0.15, -0.1) is 6.42 Å². The molecule has 0 N–H and O–H groups in total. The van der Waals surface area contributed by atoms with Crippen molar-refractivity contribution in [1.82, 2.24) is 19.5 Å². The van der Waals surface area contributed by atoms with Gasteiger partial charge in [-0.25, -0.2) is 24.5 Å². The van der Waals surface area contributed by atoms with Gasteiger partial charge in [0, 0.05) is 0 Å². The molecular formula is C18H23N5O4. The van der Waals surface area contributed by atoms with Gasteiger partial charge in [0.2, 0.25) is 0 Å². The molecule has 0 fully saturated rings. The van der Waals surface area contributed by atoms with Crippen LogP contribution in [0, 0.1) is 12.3 Å². The Bertz CT molecular complexity index is 871. The van der Waals surface area contributed by atoms with Crippen molar-refractivity contribution in [1.29, 1.82) is 0 Å². The summed E-state index contributed by atoms with van der Waals surface area (Å²) < 4.78 is 12.3. The number of aromatic nitrogens is 4. The Kier molecular flexibility index (Phi) is 5.40. The SMILES string of the molecule is C#CCn1cnc2c(N(C(=O)OC(C)(C)C)C(=O)OC(C)(C)C)ncnc21. The summed E-state index contributed by atoms with van der Waals surface area (Å²) in [5.74, 6) is 2.44. The van der Waals surface area contributed by atoms with Gasteiger partial charge in [0.25, 0.3) is 0 Å². The summed E-state index contributed by atoms with van der Waals surface area (Å²) in [5, 5.41) is 0. The summed E-state index contributed by atoms with van der Waals surface area (Å²) in [7, 11) is 0. The minimum absolute atomic E-state index is 0.0423. The molecule has 0 radical (unpaired) electrons. The predicted octanol–water partition coefficient (Wildman–Crippen LogP) is 3.14. The average Bonchev–Trinajstić information content (AvgIpc) is 2.88. The monoisotopic (exact) mass is 373 g/mol. The summed E-state index contributed by atoms with van der Waals surface area (Å²) in [4.78, 5) is 38.6. The standard InChI is InChI=1S/C18H23N5O4/c1-8-9-22-11-21-12-13(22)19-10-20-14(12)23(15(24)26-17(2,3)4)16(25)27-18(5,6)7/h1,10-11H,9H2,2-7H3. The largest absolute Gasteiger partial charge is 0.443 e. The number of fused-ring (bicyclic) bond motifs is 1. The number of hydrogen-bond donors (Lipinski definition) is 0. The van der Waals surface area contributed by atoms with Crippen molar-refractivity contribution in [3.8, 4) is 12.3 Å². The Morgan fingerprint density at radius 1 is 1.07 bits per heavy atom. The average molecular weight is 373 g/mol. The molecule has 27 heavy (non-hydrogen) atoms. The molecule has 2 amide bonds. The number of imide groups is 1. The summed E-state index contributed by atoms with van der Waals surface area (Å²) in [5.41, 5.74) is -1.04. The Hall–Kier alpha value is -3.15. The van der Waals surface area contributed by atoms with Crippen LogP contribution in [0.1, 0.15) is 41.5 Å². The van der Waals surface area contributed by atoms with E-state index in [9.17, 15) is 9.59 Å². The van der Waals surface area contributed by atoms with Crippen LogP contribution in [0.25, 0.3) is 11.2 Å². The van der Waals surface area contributed by atoms with E-state index in [2.05, 4.69) is 20.9 Å². The van der Waals surface area contributed by atoms with Crippen LogP contribution in [-0.2, 0) is 16.0 Å². The predicted molar refractivity (Wildman–Crippen MR) is 99.1 cm³/mol. The maximum atomic E-state index is 12.7. The first kappa shape index (κ1) is 20.2. The molecule has 0 aliphatic carbocycles. The van der Waals surface area contributed by atoms with Gasteiger partial charge in [0.1, 0.15) is 17.5 Å². The van der Waals surface area contributed by atoms with Gasteiger partial charge < -0.3 is 14.0 Å². The van der Waals surface area contributed by atoms with E-state index >= 15 is 0 Å². The van der Waals surface area contributed by atoms with Crippen LogP contribution in [0.15, 0.2) is 12.7 Å². The lowest BCUT2D eigenvalue weighted by Gasteiger charge is -2.28. The molecular weight excluding hydrogens is 350 g/mol.